The molecule has 7 nitrogen and oxygen atoms in total. The summed E-state index contributed by atoms with van der Waals surface area (Å²) in [6.07, 6.45) is 3.39. The molecule has 0 bridgehead atoms. The number of carbonyl (C=O) groups is 2. The van der Waals surface area contributed by atoms with E-state index >= 15 is 0 Å². The van der Waals surface area contributed by atoms with Gasteiger partial charge >= 0.3 is 5.97 Å². The maximum atomic E-state index is 13.3. The van der Waals surface area contributed by atoms with E-state index in [1.807, 2.05) is 36.4 Å². The number of esters is 1. The van der Waals surface area contributed by atoms with Gasteiger partial charge in [-0.25, -0.2) is 4.79 Å². The van der Waals surface area contributed by atoms with Crippen LogP contribution in [0.3, 0.4) is 0 Å². The molecule has 1 N–H and O–H groups in total. The first-order valence-corrected chi connectivity index (χ1v) is 12.2. The number of amides is 1. The highest BCUT2D eigenvalue weighted by molar-refractivity contribution is 6.02. The second kappa shape index (κ2) is 11.7. The van der Waals surface area contributed by atoms with Crippen LogP contribution in [0.4, 0.5) is 0 Å². The molecule has 2 heterocycles. The number of hydrogen-bond donors (Lipinski definition) is 1. The molecule has 2 aromatic carbocycles. The third-order valence-electron chi connectivity index (χ3n) is 6.25. The van der Waals surface area contributed by atoms with Gasteiger partial charge in [-0.3, -0.25) is 9.69 Å². The van der Waals surface area contributed by atoms with E-state index in [9.17, 15) is 9.59 Å². The predicted molar refractivity (Wildman–Crippen MR) is 134 cm³/mol. The van der Waals surface area contributed by atoms with Gasteiger partial charge < -0.3 is 19.4 Å². The Morgan fingerprint density at radius 3 is 2.23 bits per heavy atom. The van der Waals surface area contributed by atoms with Crippen LogP contribution in [0.5, 0.6) is 5.75 Å². The van der Waals surface area contributed by atoms with E-state index in [1.54, 1.807) is 24.7 Å². The molecule has 184 valence electrons. The topological polar surface area (TPSA) is 72.8 Å². The van der Waals surface area contributed by atoms with Gasteiger partial charge in [-0.15, -0.1) is 0 Å². The molecule has 0 aliphatic carbocycles. The summed E-state index contributed by atoms with van der Waals surface area (Å²) >= 11 is 0. The highest BCUT2D eigenvalue weighted by Crippen LogP contribution is 2.28. The monoisotopic (exact) mass is 475 g/mol. The van der Waals surface area contributed by atoms with Gasteiger partial charge in [-0.1, -0.05) is 60.7 Å². The van der Waals surface area contributed by atoms with Gasteiger partial charge in [0.1, 0.15) is 6.61 Å². The first-order chi connectivity index (χ1) is 17.0. The van der Waals surface area contributed by atoms with Crippen molar-refractivity contribution in [2.24, 2.45) is 7.05 Å². The lowest BCUT2D eigenvalue weighted by Crippen LogP contribution is -2.44. The summed E-state index contributed by atoms with van der Waals surface area (Å²) in [5.74, 6) is -0.485. The van der Waals surface area contributed by atoms with Crippen molar-refractivity contribution in [3.05, 3.63) is 89.2 Å². The number of likely N-dealkylation sites (tertiary alicyclic amines) is 1. The third-order valence-corrected chi connectivity index (χ3v) is 6.25. The van der Waals surface area contributed by atoms with Gasteiger partial charge in [0.2, 0.25) is 0 Å². The minimum Gasteiger partial charge on any atom is -0.486 e. The zero-order valence-corrected chi connectivity index (χ0v) is 20.4. The third kappa shape index (κ3) is 6.31. The minimum atomic E-state index is -0.508. The van der Waals surface area contributed by atoms with Crippen LogP contribution in [0, 0.1) is 0 Å². The van der Waals surface area contributed by atoms with E-state index in [1.165, 1.54) is 5.56 Å². The Labute approximate surface area is 206 Å². The van der Waals surface area contributed by atoms with E-state index in [0.717, 1.165) is 38.0 Å². The zero-order chi connectivity index (χ0) is 24.6. The van der Waals surface area contributed by atoms with Crippen molar-refractivity contribution in [3.63, 3.8) is 0 Å². The van der Waals surface area contributed by atoms with Gasteiger partial charge in [0.05, 0.1) is 12.2 Å². The second-order valence-electron chi connectivity index (χ2n) is 8.84. The highest BCUT2D eigenvalue weighted by atomic mass is 16.5. The molecule has 0 unspecified atom stereocenters. The van der Waals surface area contributed by atoms with E-state index < -0.39 is 5.97 Å². The molecule has 0 spiro atoms. The normalized spacial score (nSPS) is 14.5. The van der Waals surface area contributed by atoms with Crippen LogP contribution in [0.25, 0.3) is 0 Å². The first-order valence-electron chi connectivity index (χ1n) is 12.2. The fraction of sp³-hybridized carbons (Fsp3) is 0.357. The molecule has 1 fully saturated rings. The van der Waals surface area contributed by atoms with Crippen molar-refractivity contribution >= 4 is 11.9 Å². The van der Waals surface area contributed by atoms with Gasteiger partial charge in [0.15, 0.2) is 11.4 Å². The molecular formula is C28H33N3O4. The second-order valence-corrected chi connectivity index (χ2v) is 8.84. The zero-order valence-electron chi connectivity index (χ0n) is 20.4. The van der Waals surface area contributed by atoms with E-state index in [-0.39, 0.29) is 36.6 Å². The summed E-state index contributed by atoms with van der Waals surface area (Å²) in [6.45, 7) is 4.99. The molecular weight excluding hydrogens is 442 g/mol. The van der Waals surface area contributed by atoms with Gasteiger partial charge in [0, 0.05) is 38.9 Å². The van der Waals surface area contributed by atoms with Crippen molar-refractivity contribution in [1.29, 1.82) is 0 Å². The maximum Gasteiger partial charge on any atom is 0.358 e. The van der Waals surface area contributed by atoms with Crippen LogP contribution < -0.4 is 10.1 Å². The Balaban J connectivity index is 1.43. The van der Waals surface area contributed by atoms with Crippen molar-refractivity contribution in [2.45, 2.75) is 39.0 Å². The molecule has 1 aliphatic rings. The molecule has 3 aromatic rings. The van der Waals surface area contributed by atoms with E-state index in [0.29, 0.717) is 5.56 Å². The molecule has 7 heteroatoms. The van der Waals surface area contributed by atoms with Crippen LogP contribution in [0.1, 0.15) is 51.7 Å². The number of benzene rings is 2. The summed E-state index contributed by atoms with van der Waals surface area (Å²) < 4.78 is 12.9. The SMILES string of the molecule is CCOC(=O)c1c(OCc2ccccc2)c(C(=O)NC2CCN(Cc3ccccc3)CC2)cn1C. The fourth-order valence-electron chi connectivity index (χ4n) is 4.42. The maximum absolute atomic E-state index is 13.3. The van der Waals surface area contributed by atoms with Gasteiger partial charge in [0.25, 0.3) is 5.91 Å². The molecule has 0 radical (unpaired) electrons. The molecule has 1 aromatic heterocycles. The number of aromatic nitrogens is 1. The molecule has 1 aliphatic heterocycles. The molecule has 1 saturated heterocycles. The van der Waals surface area contributed by atoms with Gasteiger partial charge in [-0.2, -0.15) is 0 Å². The summed E-state index contributed by atoms with van der Waals surface area (Å²) in [6, 6.07) is 20.2. The summed E-state index contributed by atoms with van der Waals surface area (Å²) in [5, 5.41) is 3.16. The Hall–Kier alpha value is -3.58. The Kier molecular flexibility index (Phi) is 8.21. The highest BCUT2D eigenvalue weighted by Gasteiger charge is 2.29. The van der Waals surface area contributed by atoms with Crippen molar-refractivity contribution < 1.29 is 19.1 Å². The lowest BCUT2D eigenvalue weighted by Gasteiger charge is -2.32. The van der Waals surface area contributed by atoms with Crippen LogP contribution in [-0.2, 0) is 24.9 Å². The summed E-state index contributed by atoms with van der Waals surface area (Å²) in [5.41, 5.74) is 2.83. The number of piperidine rings is 1. The number of hydrogen-bond acceptors (Lipinski definition) is 5. The lowest BCUT2D eigenvalue weighted by molar-refractivity contribution is 0.0510. The average Bonchev–Trinajstić information content (AvgIpc) is 3.21. The number of nitrogens with one attached hydrogen (secondary N) is 1. The molecule has 4 rings (SSSR count). The molecule has 0 saturated carbocycles. The quantitative estimate of drug-likeness (QED) is 0.470. The number of rotatable bonds is 9. The lowest BCUT2D eigenvalue weighted by atomic mass is 10.0. The Morgan fingerprint density at radius 2 is 1.60 bits per heavy atom. The number of nitrogens with zero attached hydrogens (tertiary/aromatic N) is 2. The smallest absolute Gasteiger partial charge is 0.358 e. The van der Waals surface area contributed by atoms with Crippen LogP contribution >= 0.6 is 0 Å². The fourth-order valence-corrected chi connectivity index (χ4v) is 4.42. The van der Waals surface area contributed by atoms with E-state index in [2.05, 4.69) is 34.5 Å². The Morgan fingerprint density at radius 1 is 0.971 bits per heavy atom. The van der Waals surface area contributed by atoms with Crippen LogP contribution in [0.15, 0.2) is 66.9 Å². The predicted octanol–water partition coefficient (Wildman–Crippen LogP) is 4.18. The van der Waals surface area contributed by atoms with E-state index in [4.69, 9.17) is 9.47 Å². The van der Waals surface area contributed by atoms with Crippen molar-refractivity contribution in [1.82, 2.24) is 14.8 Å². The van der Waals surface area contributed by atoms with Crippen LogP contribution in [0.2, 0.25) is 0 Å². The van der Waals surface area contributed by atoms with Crippen molar-refractivity contribution in [3.8, 4) is 5.75 Å². The van der Waals surface area contributed by atoms with Crippen molar-refractivity contribution in [2.75, 3.05) is 19.7 Å². The number of aryl methyl sites for hydroxylation is 1. The molecule has 35 heavy (non-hydrogen) atoms. The standard InChI is InChI=1S/C28H33N3O4/c1-3-34-28(33)25-26(35-20-22-12-8-5-9-13-22)24(19-30(25)2)27(32)29-23-14-16-31(17-15-23)18-21-10-6-4-7-11-21/h4-13,19,23H,3,14-18,20H2,1-2H3,(H,29,32). The molecule has 0 atom stereocenters. The minimum absolute atomic E-state index is 0.0720. The first kappa shape index (κ1) is 24.5. The van der Waals surface area contributed by atoms with Gasteiger partial charge in [-0.05, 0) is 30.9 Å². The number of ether oxygens (including phenoxy) is 2. The number of carbonyl (C=O) groups excluding carboxylic acids is 2. The Bertz CT molecular complexity index is 1120. The van der Waals surface area contributed by atoms with Crippen LogP contribution in [-0.4, -0.2) is 47.1 Å². The summed E-state index contributed by atoms with van der Waals surface area (Å²) in [4.78, 5) is 28.4. The average molecular weight is 476 g/mol. The largest absolute Gasteiger partial charge is 0.486 e. The molecule has 1 amide bonds. The summed E-state index contributed by atoms with van der Waals surface area (Å²) in [7, 11) is 1.72.